The minimum atomic E-state index is -1.26. The summed E-state index contributed by atoms with van der Waals surface area (Å²) in [4.78, 5) is 36.2. The molecule has 2 N–H and O–H groups in total. The first-order chi connectivity index (χ1) is 17.8. The molecule has 4 rings (SSSR count). The van der Waals surface area contributed by atoms with E-state index in [2.05, 4.69) is 34.1 Å². The molecule has 1 saturated carbocycles. The van der Waals surface area contributed by atoms with E-state index in [1.165, 1.54) is 49.1 Å². The molecule has 198 valence electrons. The number of nitrogens with zero attached hydrogens (tertiary/aromatic N) is 2. The highest BCUT2D eigenvalue weighted by atomic mass is 19.1. The lowest BCUT2D eigenvalue weighted by Gasteiger charge is -2.36. The van der Waals surface area contributed by atoms with Crippen molar-refractivity contribution in [1.29, 1.82) is 0 Å². The van der Waals surface area contributed by atoms with Gasteiger partial charge in [-0.25, -0.2) is 14.0 Å². The molecule has 0 aromatic heterocycles. The number of hydrogen-bond donors (Lipinski definition) is 2. The predicted molar refractivity (Wildman–Crippen MR) is 141 cm³/mol. The molecule has 2 aromatic rings. The van der Waals surface area contributed by atoms with Crippen LogP contribution in [0.3, 0.4) is 0 Å². The van der Waals surface area contributed by atoms with Crippen LogP contribution in [0.4, 0.5) is 10.1 Å². The summed E-state index contributed by atoms with van der Waals surface area (Å²) in [6, 6.07) is 15.1. The SMILES string of the molecule is O=C(CCCN1CCN(c2ccc(C3CCCC3)cc2)CC1)c1ccc(F)cc1.O=C(O)/C=C/C(=O)O. The smallest absolute Gasteiger partial charge is 0.328 e. The number of carbonyl (C=O) groups excluding carboxylic acids is 1. The summed E-state index contributed by atoms with van der Waals surface area (Å²) in [5, 5.41) is 15.6. The fourth-order valence-corrected chi connectivity index (χ4v) is 4.83. The maximum atomic E-state index is 13.0. The number of aliphatic carboxylic acids is 2. The van der Waals surface area contributed by atoms with Crippen LogP contribution in [-0.2, 0) is 9.59 Å². The van der Waals surface area contributed by atoms with E-state index in [1.807, 2.05) is 0 Å². The van der Waals surface area contributed by atoms with Crippen molar-refractivity contribution in [3.8, 4) is 0 Å². The van der Waals surface area contributed by atoms with Crippen molar-refractivity contribution in [3.05, 3.63) is 77.6 Å². The highest BCUT2D eigenvalue weighted by Gasteiger charge is 2.19. The molecule has 1 aliphatic carbocycles. The first-order valence-corrected chi connectivity index (χ1v) is 12.8. The second kappa shape index (κ2) is 14.3. The highest BCUT2D eigenvalue weighted by Crippen LogP contribution is 2.34. The molecule has 1 heterocycles. The number of Topliss-reactive ketones (excluding diaryl/α,β-unsaturated/α-hetero) is 1. The van der Waals surface area contributed by atoms with Crippen LogP contribution in [0.5, 0.6) is 0 Å². The van der Waals surface area contributed by atoms with Gasteiger partial charge >= 0.3 is 11.9 Å². The highest BCUT2D eigenvalue weighted by molar-refractivity contribution is 5.96. The lowest BCUT2D eigenvalue weighted by atomic mass is 9.97. The molecule has 1 saturated heterocycles. The Bertz CT molecular complexity index is 1040. The third kappa shape index (κ3) is 9.46. The van der Waals surface area contributed by atoms with Gasteiger partial charge in [0.1, 0.15) is 5.82 Å². The molecule has 0 unspecified atom stereocenters. The number of carbonyl (C=O) groups is 3. The summed E-state index contributed by atoms with van der Waals surface area (Å²) in [6.07, 6.45) is 7.95. The Labute approximate surface area is 217 Å². The van der Waals surface area contributed by atoms with Crippen LogP contribution in [0.15, 0.2) is 60.7 Å². The Hall–Kier alpha value is -3.52. The van der Waals surface area contributed by atoms with Gasteiger partial charge in [-0.05, 0) is 73.7 Å². The van der Waals surface area contributed by atoms with Crippen LogP contribution in [0.1, 0.15) is 60.4 Å². The fraction of sp³-hybridized carbons (Fsp3) is 0.414. The van der Waals surface area contributed by atoms with Crippen molar-refractivity contribution < 1.29 is 29.0 Å². The molecular formula is C29H35FN2O5. The average Bonchev–Trinajstić information content (AvgIpc) is 3.44. The zero-order valence-electron chi connectivity index (χ0n) is 21.0. The van der Waals surface area contributed by atoms with E-state index in [1.54, 1.807) is 12.1 Å². The van der Waals surface area contributed by atoms with Gasteiger partial charge in [0.15, 0.2) is 5.78 Å². The van der Waals surface area contributed by atoms with Crippen LogP contribution < -0.4 is 4.90 Å². The molecule has 0 atom stereocenters. The number of piperazine rings is 1. The van der Waals surface area contributed by atoms with Gasteiger partial charge < -0.3 is 15.1 Å². The summed E-state index contributed by atoms with van der Waals surface area (Å²) in [6.45, 7) is 5.09. The summed E-state index contributed by atoms with van der Waals surface area (Å²) in [5.41, 5.74) is 3.45. The van der Waals surface area contributed by atoms with Crippen molar-refractivity contribution >= 4 is 23.4 Å². The molecule has 37 heavy (non-hydrogen) atoms. The Kier molecular flexibility index (Phi) is 10.8. The Morgan fingerprint density at radius 2 is 1.41 bits per heavy atom. The fourth-order valence-electron chi connectivity index (χ4n) is 4.83. The Morgan fingerprint density at radius 3 is 1.95 bits per heavy atom. The molecular weight excluding hydrogens is 475 g/mol. The zero-order valence-corrected chi connectivity index (χ0v) is 21.0. The quantitative estimate of drug-likeness (QED) is 0.363. The molecule has 1 aliphatic heterocycles. The maximum Gasteiger partial charge on any atom is 0.328 e. The van der Waals surface area contributed by atoms with Crippen molar-refractivity contribution in [1.82, 2.24) is 4.90 Å². The van der Waals surface area contributed by atoms with Gasteiger partial charge in [-0.2, -0.15) is 0 Å². The number of carboxylic acids is 2. The van der Waals surface area contributed by atoms with Crippen molar-refractivity contribution in [3.63, 3.8) is 0 Å². The number of anilines is 1. The van der Waals surface area contributed by atoms with Crippen LogP contribution in [0.25, 0.3) is 0 Å². The van der Waals surface area contributed by atoms with Gasteiger partial charge in [0.25, 0.3) is 0 Å². The van der Waals surface area contributed by atoms with E-state index in [4.69, 9.17) is 10.2 Å². The third-order valence-corrected chi connectivity index (χ3v) is 6.87. The van der Waals surface area contributed by atoms with Crippen molar-refractivity contribution in [2.24, 2.45) is 0 Å². The molecule has 2 fully saturated rings. The van der Waals surface area contributed by atoms with Gasteiger partial charge in [0.05, 0.1) is 0 Å². The molecule has 0 bridgehead atoms. The van der Waals surface area contributed by atoms with Crippen molar-refractivity contribution in [2.75, 3.05) is 37.6 Å². The van der Waals surface area contributed by atoms with Crippen LogP contribution in [-0.4, -0.2) is 65.6 Å². The van der Waals surface area contributed by atoms with Gasteiger partial charge in [-0.15, -0.1) is 0 Å². The number of hydrogen-bond acceptors (Lipinski definition) is 5. The molecule has 2 aromatic carbocycles. The first-order valence-electron chi connectivity index (χ1n) is 12.8. The van der Waals surface area contributed by atoms with E-state index < -0.39 is 11.9 Å². The standard InChI is InChI=1S/C25H31FN2O.C4H4O4/c26-23-11-7-22(8-12-23)25(29)6-3-15-27-16-18-28(19-17-27)24-13-9-21(10-14-24)20-4-1-2-5-20;5-3(6)1-2-4(7)8/h7-14,20H,1-6,15-19H2;1-2H,(H,5,6)(H,7,8)/b;2-1+. The lowest BCUT2D eigenvalue weighted by molar-refractivity contribution is -0.134. The number of ketones is 1. The minimum absolute atomic E-state index is 0.103. The van der Waals surface area contributed by atoms with E-state index in [9.17, 15) is 18.8 Å². The normalized spacial score (nSPS) is 16.4. The summed E-state index contributed by atoms with van der Waals surface area (Å²) >= 11 is 0. The van der Waals surface area contributed by atoms with Gasteiger partial charge in [-0.3, -0.25) is 9.69 Å². The lowest BCUT2D eigenvalue weighted by Crippen LogP contribution is -2.46. The van der Waals surface area contributed by atoms with E-state index in [0.29, 0.717) is 24.1 Å². The maximum absolute atomic E-state index is 13.0. The molecule has 0 amide bonds. The summed E-state index contributed by atoms with van der Waals surface area (Å²) in [7, 11) is 0. The molecule has 0 spiro atoms. The average molecular weight is 511 g/mol. The van der Waals surface area contributed by atoms with Crippen LogP contribution >= 0.6 is 0 Å². The molecule has 2 aliphatic rings. The van der Waals surface area contributed by atoms with Crippen LogP contribution in [0.2, 0.25) is 0 Å². The van der Waals surface area contributed by atoms with Crippen LogP contribution in [0, 0.1) is 5.82 Å². The number of rotatable bonds is 9. The largest absolute Gasteiger partial charge is 0.478 e. The number of halogens is 1. The van der Waals surface area contributed by atoms with E-state index in [-0.39, 0.29) is 11.6 Å². The van der Waals surface area contributed by atoms with Gasteiger partial charge in [0.2, 0.25) is 0 Å². The molecule has 0 radical (unpaired) electrons. The monoisotopic (exact) mass is 510 g/mol. The van der Waals surface area contributed by atoms with Gasteiger partial charge in [0, 0.05) is 56.0 Å². The summed E-state index contributed by atoms with van der Waals surface area (Å²) < 4.78 is 13.0. The molecule has 7 nitrogen and oxygen atoms in total. The second-order valence-electron chi connectivity index (χ2n) is 9.45. The van der Waals surface area contributed by atoms with Gasteiger partial charge in [-0.1, -0.05) is 25.0 Å². The van der Waals surface area contributed by atoms with E-state index in [0.717, 1.165) is 45.1 Å². The first kappa shape index (κ1) is 28.1. The predicted octanol–water partition coefficient (Wildman–Crippen LogP) is 4.98. The Morgan fingerprint density at radius 1 is 0.838 bits per heavy atom. The number of benzene rings is 2. The summed E-state index contributed by atoms with van der Waals surface area (Å²) in [5.74, 6) is -1.93. The van der Waals surface area contributed by atoms with E-state index >= 15 is 0 Å². The Balaban J connectivity index is 0.000000414. The van der Waals surface area contributed by atoms with Crippen molar-refractivity contribution in [2.45, 2.75) is 44.4 Å². The topological polar surface area (TPSA) is 98.2 Å². The zero-order chi connectivity index (χ0) is 26.6. The third-order valence-electron chi connectivity index (χ3n) is 6.87. The number of carboxylic acid groups (broad SMARTS) is 2. The second-order valence-corrected chi connectivity index (χ2v) is 9.45. The molecule has 8 heteroatoms. The minimum Gasteiger partial charge on any atom is -0.478 e.